The summed E-state index contributed by atoms with van der Waals surface area (Å²) in [7, 11) is 0. The van der Waals surface area contributed by atoms with Gasteiger partial charge in [0.05, 0.1) is 34.1 Å². The van der Waals surface area contributed by atoms with Crippen molar-refractivity contribution in [3.05, 3.63) is 187 Å². The first-order chi connectivity index (χ1) is 27.5. The Hall–Kier alpha value is -6.98. The summed E-state index contributed by atoms with van der Waals surface area (Å²) in [6, 6.07) is 57.7. The topological polar surface area (TPSA) is 32.3 Å². The highest BCUT2D eigenvalue weighted by atomic mass is 15.3. The summed E-state index contributed by atoms with van der Waals surface area (Å²) >= 11 is 0. The van der Waals surface area contributed by atoms with E-state index in [2.05, 4.69) is 175 Å². The molecule has 0 saturated heterocycles. The molecule has 0 N–H and O–H groups in total. The van der Waals surface area contributed by atoms with Crippen molar-refractivity contribution in [1.29, 1.82) is 0 Å². The molecule has 56 heavy (non-hydrogen) atoms. The van der Waals surface area contributed by atoms with Crippen LogP contribution >= 0.6 is 0 Å². The van der Waals surface area contributed by atoms with E-state index < -0.39 is 0 Å². The van der Waals surface area contributed by atoms with Gasteiger partial charge in [0.25, 0.3) is 0 Å². The Morgan fingerprint density at radius 2 is 1.02 bits per heavy atom. The van der Waals surface area contributed by atoms with E-state index in [0.717, 1.165) is 39.6 Å². The third-order valence-corrected chi connectivity index (χ3v) is 11.8. The van der Waals surface area contributed by atoms with Crippen LogP contribution in [0.5, 0.6) is 0 Å². The normalized spacial score (nSPS) is 12.8. The fourth-order valence-electron chi connectivity index (χ4n) is 9.50. The fraction of sp³-hybridized carbons (Fsp3) is 0.0588. The van der Waals surface area contributed by atoms with Crippen molar-refractivity contribution in [2.24, 2.45) is 0 Å². The standard InChI is InChI=1S/C51H37BN4/c1-32-26-33(2)49(34(3)27-32)52-42-28-39(44-17-9-11-25-54-44)20-23-45(42)56-47-30-37-13-5-4-12-36(37)29-46(47)55(40-21-18-35(19-22-40)43-16-8-10-24-53-43)48-31-38-14-6-7-15-41(38)50(52)51(48)56/h4-31H,1-3H3. The van der Waals surface area contributed by atoms with Crippen LogP contribution < -0.4 is 26.2 Å². The number of fused-ring (bicyclic) bond motifs is 7. The van der Waals surface area contributed by atoms with Gasteiger partial charge in [0.15, 0.2) is 0 Å². The van der Waals surface area contributed by atoms with Crippen molar-refractivity contribution in [3.8, 4) is 22.5 Å². The number of hydrogen-bond acceptors (Lipinski definition) is 4. The molecule has 9 aromatic rings. The van der Waals surface area contributed by atoms with Crippen LogP contribution in [0.2, 0.25) is 0 Å². The van der Waals surface area contributed by atoms with Crippen LogP contribution in [0.1, 0.15) is 16.7 Å². The maximum absolute atomic E-state index is 4.82. The molecule has 0 aliphatic carbocycles. The highest BCUT2D eigenvalue weighted by Gasteiger charge is 2.44. The first kappa shape index (κ1) is 32.5. The van der Waals surface area contributed by atoms with Crippen LogP contribution in [0.25, 0.3) is 44.1 Å². The highest BCUT2D eigenvalue weighted by Crippen LogP contribution is 2.56. The van der Waals surface area contributed by atoms with Gasteiger partial charge in [0, 0.05) is 29.3 Å². The Kier molecular flexibility index (Phi) is 7.27. The number of pyridine rings is 2. The van der Waals surface area contributed by atoms with Gasteiger partial charge in [0.2, 0.25) is 6.71 Å². The maximum atomic E-state index is 4.82. The van der Waals surface area contributed by atoms with Gasteiger partial charge in [-0.15, -0.1) is 0 Å². The van der Waals surface area contributed by atoms with Crippen molar-refractivity contribution >= 4 is 78.8 Å². The first-order valence-corrected chi connectivity index (χ1v) is 19.3. The molecule has 0 fully saturated rings. The van der Waals surface area contributed by atoms with Gasteiger partial charge >= 0.3 is 0 Å². The van der Waals surface area contributed by atoms with E-state index in [-0.39, 0.29) is 6.71 Å². The molecule has 4 nitrogen and oxygen atoms in total. The van der Waals surface area contributed by atoms with Gasteiger partial charge < -0.3 is 9.80 Å². The van der Waals surface area contributed by atoms with Crippen LogP contribution in [0.15, 0.2) is 170 Å². The number of anilines is 6. The van der Waals surface area contributed by atoms with Gasteiger partial charge in [0.1, 0.15) is 0 Å². The molecule has 0 atom stereocenters. The molecule has 0 saturated carbocycles. The van der Waals surface area contributed by atoms with Crippen molar-refractivity contribution < 1.29 is 0 Å². The van der Waals surface area contributed by atoms with Crippen LogP contribution in [0, 0.1) is 20.8 Å². The minimum absolute atomic E-state index is 0.0271. The van der Waals surface area contributed by atoms with E-state index in [9.17, 15) is 0 Å². The zero-order valence-electron chi connectivity index (χ0n) is 31.5. The smallest absolute Gasteiger partial charge is 0.248 e. The summed E-state index contributed by atoms with van der Waals surface area (Å²) in [4.78, 5) is 14.5. The number of benzene rings is 7. The third kappa shape index (κ3) is 4.94. The second-order valence-electron chi connectivity index (χ2n) is 15.2. The number of rotatable bonds is 4. The lowest BCUT2D eigenvalue weighted by atomic mass is 9.33. The quantitative estimate of drug-likeness (QED) is 0.170. The molecule has 0 amide bonds. The third-order valence-electron chi connectivity index (χ3n) is 11.8. The molecule has 2 aromatic heterocycles. The molecule has 0 bridgehead atoms. The molecule has 0 radical (unpaired) electrons. The Balaban J connectivity index is 1.27. The van der Waals surface area contributed by atoms with E-state index >= 15 is 0 Å². The van der Waals surface area contributed by atoms with E-state index in [4.69, 9.17) is 4.98 Å². The van der Waals surface area contributed by atoms with Crippen molar-refractivity contribution in [1.82, 2.24) is 9.97 Å². The Morgan fingerprint density at radius 1 is 0.446 bits per heavy atom. The Bertz CT molecular complexity index is 2990. The molecule has 0 spiro atoms. The molecule has 0 unspecified atom stereocenters. The number of aryl methyl sites for hydroxylation is 3. The molecule has 2 aliphatic heterocycles. The monoisotopic (exact) mass is 716 g/mol. The molecular weight excluding hydrogens is 679 g/mol. The van der Waals surface area contributed by atoms with Gasteiger partial charge in [-0.1, -0.05) is 119 Å². The lowest BCUT2D eigenvalue weighted by molar-refractivity contribution is 1.18. The summed E-state index contributed by atoms with van der Waals surface area (Å²) in [5.41, 5.74) is 19.0. The predicted octanol–water partition coefficient (Wildman–Crippen LogP) is 11.1. The van der Waals surface area contributed by atoms with E-state index in [0.29, 0.717) is 0 Å². The molecule has 5 heteroatoms. The van der Waals surface area contributed by atoms with Crippen molar-refractivity contribution in [3.63, 3.8) is 0 Å². The van der Waals surface area contributed by atoms with E-state index in [1.165, 1.54) is 71.7 Å². The first-order valence-electron chi connectivity index (χ1n) is 19.3. The summed E-state index contributed by atoms with van der Waals surface area (Å²) in [5, 5.41) is 4.90. The number of nitrogens with zero attached hydrogens (tertiary/aromatic N) is 4. The molecular formula is C51H37BN4. The van der Waals surface area contributed by atoms with E-state index in [1.807, 2.05) is 30.6 Å². The summed E-state index contributed by atoms with van der Waals surface area (Å²) in [6.45, 7) is 6.76. The summed E-state index contributed by atoms with van der Waals surface area (Å²) in [6.07, 6.45) is 3.75. The van der Waals surface area contributed by atoms with Crippen molar-refractivity contribution in [2.75, 3.05) is 9.80 Å². The largest absolute Gasteiger partial charge is 0.307 e. The number of hydrogen-bond donors (Lipinski definition) is 0. The second kappa shape index (κ2) is 12.5. The van der Waals surface area contributed by atoms with Crippen LogP contribution in [0.4, 0.5) is 34.1 Å². The molecule has 2 aliphatic rings. The van der Waals surface area contributed by atoms with E-state index in [1.54, 1.807) is 0 Å². The lowest BCUT2D eigenvalue weighted by Crippen LogP contribution is -2.59. The van der Waals surface area contributed by atoms with Gasteiger partial charge in [-0.3, -0.25) is 9.97 Å². The zero-order chi connectivity index (χ0) is 37.5. The van der Waals surface area contributed by atoms with Crippen LogP contribution in [-0.2, 0) is 0 Å². The van der Waals surface area contributed by atoms with Gasteiger partial charge in [-0.25, -0.2) is 0 Å². The van der Waals surface area contributed by atoms with Gasteiger partial charge in [-0.05, 0) is 119 Å². The summed E-state index contributed by atoms with van der Waals surface area (Å²) in [5.74, 6) is 0. The average Bonchev–Trinajstić information content (AvgIpc) is 3.23. The fourth-order valence-corrected chi connectivity index (χ4v) is 9.50. The minimum atomic E-state index is -0.0271. The predicted molar refractivity (Wildman–Crippen MR) is 236 cm³/mol. The molecule has 264 valence electrons. The zero-order valence-corrected chi connectivity index (χ0v) is 31.5. The SMILES string of the molecule is Cc1cc(C)c(B2c3cc(-c4ccccn4)ccc3N3c4cc5ccccc5cc4N(c4ccc(-c5ccccn5)cc4)c4cc5ccccc5c2c43)c(C)c1. The van der Waals surface area contributed by atoms with Gasteiger partial charge in [-0.2, -0.15) is 0 Å². The highest BCUT2D eigenvalue weighted by molar-refractivity contribution is 7.00. The molecule has 7 aromatic carbocycles. The Morgan fingerprint density at radius 3 is 1.68 bits per heavy atom. The minimum Gasteiger partial charge on any atom is -0.307 e. The lowest BCUT2D eigenvalue weighted by Gasteiger charge is -2.46. The van der Waals surface area contributed by atoms with Crippen molar-refractivity contribution in [2.45, 2.75) is 20.8 Å². The number of aromatic nitrogens is 2. The summed E-state index contributed by atoms with van der Waals surface area (Å²) < 4.78 is 0. The molecule has 11 rings (SSSR count). The van der Waals surface area contributed by atoms with Crippen LogP contribution in [0.3, 0.4) is 0 Å². The Labute approximate surface area is 327 Å². The van der Waals surface area contributed by atoms with Crippen LogP contribution in [-0.4, -0.2) is 16.7 Å². The second-order valence-corrected chi connectivity index (χ2v) is 15.2. The molecule has 4 heterocycles. The average molecular weight is 717 g/mol. The maximum Gasteiger partial charge on any atom is 0.248 e.